The summed E-state index contributed by atoms with van der Waals surface area (Å²) in [5, 5.41) is 6.93. The normalized spacial score (nSPS) is 12.7. The summed E-state index contributed by atoms with van der Waals surface area (Å²) < 4.78 is 5.33. The standard InChI is InChI=1S/C15H20N4O2/c1-9(2)12(17-14(20)10(3)4)15-18-13(19-21-15)11-5-7-16-8-6-11/h5-10,12H,1-4H3,(H,17,20). The van der Waals surface area contributed by atoms with Crippen molar-refractivity contribution in [2.75, 3.05) is 0 Å². The summed E-state index contributed by atoms with van der Waals surface area (Å²) in [6, 6.07) is 3.33. The van der Waals surface area contributed by atoms with Crippen LogP contribution in [0.5, 0.6) is 0 Å². The maximum Gasteiger partial charge on any atom is 0.249 e. The van der Waals surface area contributed by atoms with Crippen LogP contribution >= 0.6 is 0 Å². The summed E-state index contributed by atoms with van der Waals surface area (Å²) in [6.45, 7) is 7.70. The zero-order chi connectivity index (χ0) is 15.4. The molecule has 2 aromatic rings. The Kier molecular flexibility index (Phi) is 4.67. The van der Waals surface area contributed by atoms with Crippen molar-refractivity contribution in [1.82, 2.24) is 20.4 Å². The van der Waals surface area contributed by atoms with Gasteiger partial charge in [0.2, 0.25) is 17.6 Å². The van der Waals surface area contributed by atoms with E-state index >= 15 is 0 Å². The van der Waals surface area contributed by atoms with Gasteiger partial charge >= 0.3 is 0 Å². The number of hydrogen-bond donors (Lipinski definition) is 1. The van der Waals surface area contributed by atoms with Gasteiger partial charge < -0.3 is 9.84 Å². The SMILES string of the molecule is CC(C)C(=O)NC(c1nc(-c2ccncc2)no1)C(C)C. The number of nitrogens with zero attached hydrogens (tertiary/aromatic N) is 3. The van der Waals surface area contributed by atoms with Crippen LogP contribution in [0.1, 0.15) is 39.6 Å². The van der Waals surface area contributed by atoms with Gasteiger partial charge in [0.05, 0.1) is 0 Å². The van der Waals surface area contributed by atoms with Gasteiger partial charge in [-0.15, -0.1) is 0 Å². The Labute approximate surface area is 124 Å². The molecule has 2 rings (SSSR count). The molecule has 0 fully saturated rings. The lowest BCUT2D eigenvalue weighted by molar-refractivity contribution is -0.125. The molecule has 0 saturated heterocycles. The van der Waals surface area contributed by atoms with Gasteiger partial charge in [0, 0.05) is 23.9 Å². The van der Waals surface area contributed by atoms with E-state index in [9.17, 15) is 4.79 Å². The largest absolute Gasteiger partial charge is 0.344 e. The smallest absolute Gasteiger partial charge is 0.249 e. The molecule has 0 bridgehead atoms. The second kappa shape index (κ2) is 6.47. The molecule has 1 N–H and O–H groups in total. The first-order chi connectivity index (χ1) is 9.99. The molecule has 0 saturated carbocycles. The summed E-state index contributed by atoms with van der Waals surface area (Å²) in [4.78, 5) is 20.2. The third-order valence-corrected chi connectivity index (χ3v) is 3.14. The molecule has 2 aromatic heterocycles. The van der Waals surface area contributed by atoms with Crippen molar-refractivity contribution in [2.24, 2.45) is 11.8 Å². The monoisotopic (exact) mass is 288 g/mol. The number of amides is 1. The Morgan fingerprint density at radius 1 is 1.19 bits per heavy atom. The highest BCUT2D eigenvalue weighted by molar-refractivity contribution is 5.78. The van der Waals surface area contributed by atoms with Gasteiger partial charge in [-0.2, -0.15) is 4.98 Å². The van der Waals surface area contributed by atoms with E-state index in [1.165, 1.54) is 0 Å². The zero-order valence-electron chi connectivity index (χ0n) is 12.7. The Bertz CT molecular complexity index is 593. The number of rotatable bonds is 5. The molecule has 6 nitrogen and oxygen atoms in total. The number of nitrogens with one attached hydrogen (secondary N) is 1. The minimum absolute atomic E-state index is 0.0302. The van der Waals surface area contributed by atoms with Gasteiger partial charge in [-0.3, -0.25) is 9.78 Å². The van der Waals surface area contributed by atoms with Crippen LogP contribution < -0.4 is 5.32 Å². The van der Waals surface area contributed by atoms with E-state index in [4.69, 9.17) is 4.52 Å². The van der Waals surface area contributed by atoms with Crippen LogP contribution in [-0.4, -0.2) is 21.0 Å². The topological polar surface area (TPSA) is 80.9 Å². The molecule has 0 aromatic carbocycles. The van der Waals surface area contributed by atoms with Crippen LogP contribution in [0, 0.1) is 11.8 Å². The van der Waals surface area contributed by atoms with Gasteiger partial charge in [0.1, 0.15) is 6.04 Å². The minimum Gasteiger partial charge on any atom is -0.344 e. The molecule has 2 heterocycles. The van der Waals surface area contributed by atoms with E-state index < -0.39 is 0 Å². The molecule has 0 radical (unpaired) electrons. The molecule has 6 heteroatoms. The van der Waals surface area contributed by atoms with Crippen LogP contribution in [0.25, 0.3) is 11.4 Å². The molecule has 21 heavy (non-hydrogen) atoms. The van der Waals surface area contributed by atoms with E-state index in [0.717, 1.165) is 5.56 Å². The first-order valence-electron chi connectivity index (χ1n) is 7.03. The lowest BCUT2D eigenvalue weighted by Gasteiger charge is -2.19. The summed E-state index contributed by atoms with van der Waals surface area (Å²) in [7, 11) is 0. The Balaban J connectivity index is 2.22. The average Bonchev–Trinajstić information content (AvgIpc) is 2.94. The average molecular weight is 288 g/mol. The van der Waals surface area contributed by atoms with Crippen molar-refractivity contribution in [3.63, 3.8) is 0 Å². The van der Waals surface area contributed by atoms with Crippen molar-refractivity contribution in [1.29, 1.82) is 0 Å². The Hall–Kier alpha value is -2.24. The summed E-state index contributed by atoms with van der Waals surface area (Å²) in [5.74, 6) is 0.951. The van der Waals surface area contributed by atoms with Crippen LogP contribution in [-0.2, 0) is 4.79 Å². The van der Waals surface area contributed by atoms with E-state index in [-0.39, 0.29) is 23.8 Å². The number of pyridine rings is 1. The molecular weight excluding hydrogens is 268 g/mol. The number of carbonyl (C=O) groups is 1. The predicted octanol–water partition coefficient (Wildman–Crippen LogP) is 2.60. The maximum absolute atomic E-state index is 11.9. The zero-order valence-corrected chi connectivity index (χ0v) is 12.7. The van der Waals surface area contributed by atoms with Crippen LogP contribution in [0.4, 0.5) is 0 Å². The molecule has 0 aliphatic rings. The van der Waals surface area contributed by atoms with Crippen molar-refractivity contribution in [3.8, 4) is 11.4 Å². The third kappa shape index (κ3) is 3.65. The van der Waals surface area contributed by atoms with Gasteiger partial charge in [-0.1, -0.05) is 32.9 Å². The Morgan fingerprint density at radius 2 is 1.86 bits per heavy atom. The van der Waals surface area contributed by atoms with Crippen molar-refractivity contribution >= 4 is 5.91 Å². The van der Waals surface area contributed by atoms with Crippen LogP contribution in [0.3, 0.4) is 0 Å². The Morgan fingerprint density at radius 3 is 2.43 bits per heavy atom. The quantitative estimate of drug-likeness (QED) is 0.914. The van der Waals surface area contributed by atoms with Gasteiger partial charge in [-0.25, -0.2) is 0 Å². The fourth-order valence-electron chi connectivity index (χ4n) is 1.81. The first kappa shape index (κ1) is 15.2. The fraction of sp³-hybridized carbons (Fsp3) is 0.467. The molecule has 1 unspecified atom stereocenters. The molecular formula is C15H20N4O2. The van der Waals surface area contributed by atoms with E-state index in [1.807, 2.05) is 39.8 Å². The molecule has 1 atom stereocenters. The first-order valence-corrected chi connectivity index (χ1v) is 7.03. The summed E-state index contributed by atoms with van der Waals surface area (Å²) in [6.07, 6.45) is 3.34. The van der Waals surface area contributed by atoms with Gasteiger partial charge in [0.15, 0.2) is 0 Å². The van der Waals surface area contributed by atoms with E-state index in [2.05, 4.69) is 20.4 Å². The summed E-state index contributed by atoms with van der Waals surface area (Å²) >= 11 is 0. The highest BCUT2D eigenvalue weighted by atomic mass is 16.5. The van der Waals surface area contributed by atoms with Crippen molar-refractivity contribution in [3.05, 3.63) is 30.4 Å². The van der Waals surface area contributed by atoms with Crippen molar-refractivity contribution < 1.29 is 9.32 Å². The summed E-state index contributed by atoms with van der Waals surface area (Å²) in [5.41, 5.74) is 0.831. The lowest BCUT2D eigenvalue weighted by atomic mass is 10.0. The number of aromatic nitrogens is 3. The van der Waals surface area contributed by atoms with Gasteiger partial charge in [0.25, 0.3) is 0 Å². The maximum atomic E-state index is 11.9. The molecule has 1 amide bonds. The molecule has 0 aliphatic carbocycles. The van der Waals surface area contributed by atoms with E-state index in [1.54, 1.807) is 12.4 Å². The lowest BCUT2D eigenvalue weighted by Crippen LogP contribution is -2.34. The second-order valence-electron chi connectivity index (χ2n) is 5.58. The van der Waals surface area contributed by atoms with Crippen LogP contribution in [0.15, 0.2) is 29.0 Å². The third-order valence-electron chi connectivity index (χ3n) is 3.14. The predicted molar refractivity (Wildman–Crippen MR) is 78.1 cm³/mol. The minimum atomic E-state index is -0.289. The van der Waals surface area contributed by atoms with Crippen LogP contribution in [0.2, 0.25) is 0 Å². The number of hydrogen-bond acceptors (Lipinski definition) is 5. The highest BCUT2D eigenvalue weighted by Crippen LogP contribution is 2.23. The van der Waals surface area contributed by atoms with Crippen molar-refractivity contribution in [2.45, 2.75) is 33.7 Å². The molecule has 0 spiro atoms. The van der Waals surface area contributed by atoms with Gasteiger partial charge in [-0.05, 0) is 18.1 Å². The molecule has 0 aliphatic heterocycles. The number of carbonyl (C=O) groups excluding carboxylic acids is 1. The highest BCUT2D eigenvalue weighted by Gasteiger charge is 2.25. The second-order valence-corrected chi connectivity index (χ2v) is 5.58. The van der Waals surface area contributed by atoms with E-state index in [0.29, 0.717) is 11.7 Å². The molecule has 112 valence electrons. The fourth-order valence-corrected chi connectivity index (χ4v) is 1.81.